The third-order valence-corrected chi connectivity index (χ3v) is 2.33. The third kappa shape index (κ3) is 4.28. The van der Waals surface area contributed by atoms with E-state index in [4.69, 9.17) is 11.6 Å². The zero-order valence-electron chi connectivity index (χ0n) is 8.50. The number of rotatable bonds is 6. The first-order valence-corrected chi connectivity index (χ1v) is 5.18. The number of hydrogen-bond donors (Lipinski definition) is 1. The van der Waals surface area contributed by atoms with Gasteiger partial charge in [0, 0.05) is 18.0 Å². The quantitative estimate of drug-likeness (QED) is 0.592. The number of nitrogens with one attached hydrogen (secondary N) is 1. The summed E-state index contributed by atoms with van der Waals surface area (Å²) in [5.41, 5.74) is 0.879. The highest BCUT2D eigenvalue weighted by Gasteiger charge is 2.05. The van der Waals surface area contributed by atoms with Crippen LogP contribution in [0.1, 0.15) is 5.56 Å². The molecule has 0 unspecified atom stereocenters. The minimum Gasteiger partial charge on any atom is -0.307 e. The molecule has 0 saturated carbocycles. The SMILES string of the molecule is C=CCNCC(=O)Cc1ccccc1Cl. The summed E-state index contributed by atoms with van der Waals surface area (Å²) in [6, 6.07) is 7.40. The molecule has 0 heterocycles. The first-order valence-electron chi connectivity index (χ1n) is 4.80. The first kappa shape index (κ1) is 12.0. The van der Waals surface area contributed by atoms with E-state index in [0.29, 0.717) is 24.5 Å². The van der Waals surface area contributed by atoms with Crippen molar-refractivity contribution in [1.29, 1.82) is 0 Å². The van der Waals surface area contributed by atoms with Gasteiger partial charge in [-0.3, -0.25) is 4.79 Å². The molecule has 0 saturated heterocycles. The van der Waals surface area contributed by atoms with E-state index in [-0.39, 0.29) is 5.78 Å². The summed E-state index contributed by atoms with van der Waals surface area (Å²) in [5, 5.41) is 3.61. The molecule has 15 heavy (non-hydrogen) atoms. The minimum atomic E-state index is 0.130. The summed E-state index contributed by atoms with van der Waals surface area (Å²) >= 11 is 5.94. The molecule has 0 fully saturated rings. The van der Waals surface area contributed by atoms with Gasteiger partial charge < -0.3 is 5.32 Å². The van der Waals surface area contributed by atoms with Crippen molar-refractivity contribution in [3.8, 4) is 0 Å². The van der Waals surface area contributed by atoms with Gasteiger partial charge in [0.05, 0.1) is 6.54 Å². The topological polar surface area (TPSA) is 29.1 Å². The van der Waals surface area contributed by atoms with Crippen molar-refractivity contribution in [1.82, 2.24) is 5.32 Å². The maximum atomic E-state index is 11.5. The van der Waals surface area contributed by atoms with Crippen molar-refractivity contribution in [2.75, 3.05) is 13.1 Å². The Hall–Kier alpha value is -1.12. The molecule has 0 aliphatic carbocycles. The highest BCUT2D eigenvalue weighted by atomic mass is 35.5. The van der Waals surface area contributed by atoms with Crippen LogP contribution in [0.2, 0.25) is 5.02 Å². The van der Waals surface area contributed by atoms with E-state index in [1.165, 1.54) is 0 Å². The summed E-state index contributed by atoms with van der Waals surface area (Å²) in [5.74, 6) is 0.130. The number of hydrogen-bond acceptors (Lipinski definition) is 2. The minimum absolute atomic E-state index is 0.130. The van der Waals surface area contributed by atoms with Gasteiger partial charge in [0.2, 0.25) is 0 Å². The Balaban J connectivity index is 2.44. The molecule has 1 aromatic rings. The van der Waals surface area contributed by atoms with Crippen LogP contribution < -0.4 is 5.32 Å². The van der Waals surface area contributed by atoms with Crippen LogP contribution in [0.15, 0.2) is 36.9 Å². The molecule has 1 N–H and O–H groups in total. The van der Waals surface area contributed by atoms with Gasteiger partial charge in [-0.05, 0) is 11.6 Å². The Morgan fingerprint density at radius 1 is 1.47 bits per heavy atom. The molecule has 0 aliphatic rings. The number of halogens is 1. The summed E-state index contributed by atoms with van der Waals surface area (Å²) in [6.07, 6.45) is 2.10. The molecule has 80 valence electrons. The van der Waals surface area contributed by atoms with E-state index in [1.807, 2.05) is 18.2 Å². The average Bonchev–Trinajstić information content (AvgIpc) is 2.22. The number of carbonyl (C=O) groups is 1. The van der Waals surface area contributed by atoms with E-state index in [1.54, 1.807) is 12.1 Å². The van der Waals surface area contributed by atoms with Crippen LogP contribution >= 0.6 is 11.6 Å². The molecule has 0 radical (unpaired) electrons. The van der Waals surface area contributed by atoms with Crippen molar-refractivity contribution in [2.24, 2.45) is 0 Å². The molecule has 0 amide bonds. The van der Waals surface area contributed by atoms with E-state index >= 15 is 0 Å². The summed E-state index contributed by atoms with van der Waals surface area (Å²) < 4.78 is 0. The van der Waals surface area contributed by atoms with Gasteiger partial charge in [0.25, 0.3) is 0 Å². The Kier molecular flexibility index (Phi) is 5.08. The maximum absolute atomic E-state index is 11.5. The van der Waals surface area contributed by atoms with Gasteiger partial charge in [0.1, 0.15) is 0 Å². The zero-order chi connectivity index (χ0) is 11.1. The monoisotopic (exact) mass is 223 g/mol. The van der Waals surface area contributed by atoms with Crippen LogP contribution in [0.25, 0.3) is 0 Å². The second kappa shape index (κ2) is 6.38. The molecule has 0 aliphatic heterocycles. The van der Waals surface area contributed by atoms with Crippen LogP contribution in [0, 0.1) is 0 Å². The number of Topliss-reactive ketones (excluding diaryl/α,β-unsaturated/α-hetero) is 1. The lowest BCUT2D eigenvalue weighted by Gasteiger charge is -2.03. The standard InChI is InChI=1S/C12H14ClNO/c1-2-7-14-9-11(15)8-10-5-3-4-6-12(10)13/h2-6,14H,1,7-9H2. The predicted molar refractivity (Wildman–Crippen MR) is 63.2 cm³/mol. The Labute approximate surface area is 94.9 Å². The Morgan fingerprint density at radius 2 is 2.20 bits per heavy atom. The molecule has 2 nitrogen and oxygen atoms in total. The molecule has 1 rings (SSSR count). The van der Waals surface area contributed by atoms with Gasteiger partial charge in [-0.25, -0.2) is 0 Å². The van der Waals surface area contributed by atoms with Crippen LogP contribution in [-0.4, -0.2) is 18.9 Å². The Bertz CT molecular complexity index is 349. The van der Waals surface area contributed by atoms with E-state index in [0.717, 1.165) is 5.56 Å². The lowest BCUT2D eigenvalue weighted by atomic mass is 10.1. The third-order valence-electron chi connectivity index (χ3n) is 1.96. The van der Waals surface area contributed by atoms with Gasteiger partial charge in [-0.2, -0.15) is 0 Å². The fraction of sp³-hybridized carbons (Fsp3) is 0.250. The fourth-order valence-electron chi connectivity index (χ4n) is 1.23. The first-order chi connectivity index (χ1) is 7.24. The largest absolute Gasteiger partial charge is 0.307 e. The molecular weight excluding hydrogens is 210 g/mol. The van der Waals surface area contributed by atoms with E-state index < -0.39 is 0 Å². The van der Waals surface area contributed by atoms with Gasteiger partial charge >= 0.3 is 0 Å². The van der Waals surface area contributed by atoms with E-state index in [2.05, 4.69) is 11.9 Å². The molecule has 0 bridgehead atoms. The number of benzene rings is 1. The second-order valence-electron chi connectivity index (χ2n) is 3.23. The molecule has 3 heteroatoms. The molecule has 1 aromatic carbocycles. The predicted octanol–water partition coefficient (Wildman–Crippen LogP) is 2.23. The van der Waals surface area contributed by atoms with Crippen molar-refractivity contribution >= 4 is 17.4 Å². The second-order valence-corrected chi connectivity index (χ2v) is 3.63. The van der Waals surface area contributed by atoms with E-state index in [9.17, 15) is 4.79 Å². The average molecular weight is 224 g/mol. The normalized spacial score (nSPS) is 9.93. The highest BCUT2D eigenvalue weighted by Crippen LogP contribution is 2.15. The summed E-state index contributed by atoms with van der Waals surface area (Å²) in [4.78, 5) is 11.5. The Morgan fingerprint density at radius 3 is 2.87 bits per heavy atom. The van der Waals surface area contributed by atoms with Gasteiger partial charge in [0.15, 0.2) is 5.78 Å². The molecule has 0 aromatic heterocycles. The van der Waals surface area contributed by atoms with Crippen LogP contribution in [0.3, 0.4) is 0 Å². The van der Waals surface area contributed by atoms with Crippen molar-refractivity contribution in [3.63, 3.8) is 0 Å². The molecule has 0 atom stereocenters. The van der Waals surface area contributed by atoms with Gasteiger partial charge in [-0.1, -0.05) is 35.9 Å². The number of ketones is 1. The lowest BCUT2D eigenvalue weighted by molar-refractivity contribution is -0.117. The molecular formula is C12H14ClNO. The summed E-state index contributed by atoms with van der Waals surface area (Å²) in [7, 11) is 0. The van der Waals surface area contributed by atoms with Crippen molar-refractivity contribution in [3.05, 3.63) is 47.5 Å². The van der Waals surface area contributed by atoms with Crippen LogP contribution in [-0.2, 0) is 11.2 Å². The maximum Gasteiger partial charge on any atom is 0.151 e. The molecule has 0 spiro atoms. The van der Waals surface area contributed by atoms with Gasteiger partial charge in [-0.15, -0.1) is 6.58 Å². The van der Waals surface area contributed by atoms with Crippen LogP contribution in [0.5, 0.6) is 0 Å². The van der Waals surface area contributed by atoms with Crippen LogP contribution in [0.4, 0.5) is 0 Å². The summed E-state index contributed by atoms with van der Waals surface area (Å²) in [6.45, 7) is 4.57. The zero-order valence-corrected chi connectivity index (χ0v) is 9.26. The lowest BCUT2D eigenvalue weighted by Crippen LogP contribution is -2.24. The smallest absolute Gasteiger partial charge is 0.151 e. The number of carbonyl (C=O) groups excluding carboxylic acids is 1. The highest BCUT2D eigenvalue weighted by molar-refractivity contribution is 6.31. The van der Waals surface area contributed by atoms with Crippen molar-refractivity contribution in [2.45, 2.75) is 6.42 Å². The van der Waals surface area contributed by atoms with Crippen molar-refractivity contribution < 1.29 is 4.79 Å². The fourth-order valence-corrected chi connectivity index (χ4v) is 1.43.